The smallest absolute Gasteiger partial charge is 0.185 e. The fourth-order valence-corrected chi connectivity index (χ4v) is 2.15. The van der Waals surface area contributed by atoms with Gasteiger partial charge in [-0.1, -0.05) is 0 Å². The van der Waals surface area contributed by atoms with Crippen molar-refractivity contribution in [2.75, 3.05) is 0 Å². The van der Waals surface area contributed by atoms with Crippen LogP contribution in [0.5, 0.6) is 0 Å². The predicted molar refractivity (Wildman–Crippen MR) is 61.0 cm³/mol. The molecule has 0 radical (unpaired) electrons. The van der Waals surface area contributed by atoms with Gasteiger partial charge in [-0.3, -0.25) is 9.78 Å². The first-order chi connectivity index (χ1) is 7.15. The topological polar surface area (TPSA) is 47.8 Å². The number of hydrogen-bond donors (Lipinski definition) is 0. The number of carbonyl (C=O) groups is 1. The number of aldehydes is 1. The number of halogens is 1. The second-order valence-electron chi connectivity index (χ2n) is 3.54. The first-order valence-electron chi connectivity index (χ1n) is 4.61. The average molecular weight is 268 g/mol. The van der Waals surface area contributed by atoms with E-state index in [0.29, 0.717) is 5.82 Å². The van der Waals surface area contributed by atoms with E-state index in [1.807, 2.05) is 18.4 Å². The molecule has 0 N–H and O–H groups in total. The Kier molecular flexibility index (Phi) is 2.56. The van der Waals surface area contributed by atoms with Crippen LogP contribution in [0.2, 0.25) is 0 Å². The predicted octanol–water partition coefficient (Wildman–Crippen LogP) is 2.59. The van der Waals surface area contributed by atoms with Crippen LogP contribution in [0, 0.1) is 0 Å². The second-order valence-corrected chi connectivity index (χ2v) is 4.39. The lowest BCUT2D eigenvalue weighted by Gasteiger charge is -2.10. The van der Waals surface area contributed by atoms with Gasteiger partial charge in [-0.2, -0.15) is 0 Å². The molecule has 0 saturated carbocycles. The van der Waals surface area contributed by atoms with Crippen molar-refractivity contribution in [3.05, 3.63) is 22.7 Å². The molecule has 4 nitrogen and oxygen atoms in total. The molecule has 0 bridgehead atoms. The molecule has 0 aliphatic rings. The third-order valence-corrected chi connectivity index (χ3v) is 2.78. The number of fused-ring (bicyclic) bond motifs is 1. The molecule has 0 amide bonds. The summed E-state index contributed by atoms with van der Waals surface area (Å²) in [5.74, 6) is 0.439. The van der Waals surface area contributed by atoms with Gasteiger partial charge in [0.25, 0.3) is 0 Å². The van der Waals surface area contributed by atoms with Crippen LogP contribution in [0.1, 0.15) is 30.5 Å². The van der Waals surface area contributed by atoms with Crippen molar-refractivity contribution in [1.29, 1.82) is 0 Å². The Hall–Kier alpha value is -1.23. The average Bonchev–Trinajstić information content (AvgIpc) is 2.57. The number of aromatic nitrogens is 3. The van der Waals surface area contributed by atoms with Gasteiger partial charge in [-0.15, -0.1) is 0 Å². The van der Waals surface area contributed by atoms with Crippen LogP contribution in [0.15, 0.2) is 16.9 Å². The summed E-state index contributed by atoms with van der Waals surface area (Å²) in [6.45, 7) is 4.03. The summed E-state index contributed by atoms with van der Waals surface area (Å²) in [5, 5.41) is 0. The number of nitrogens with zero attached hydrogens (tertiary/aromatic N) is 3. The van der Waals surface area contributed by atoms with E-state index in [4.69, 9.17) is 0 Å². The van der Waals surface area contributed by atoms with E-state index in [9.17, 15) is 4.79 Å². The zero-order valence-electron chi connectivity index (χ0n) is 8.44. The summed E-state index contributed by atoms with van der Waals surface area (Å²) in [7, 11) is 0. The van der Waals surface area contributed by atoms with Crippen molar-refractivity contribution < 1.29 is 4.79 Å². The highest BCUT2D eigenvalue weighted by Gasteiger charge is 2.14. The molecule has 0 aliphatic heterocycles. The largest absolute Gasteiger partial charge is 0.318 e. The molecule has 2 aromatic heterocycles. The van der Waals surface area contributed by atoms with Gasteiger partial charge in [-0.25, -0.2) is 4.98 Å². The fraction of sp³-hybridized carbons (Fsp3) is 0.300. The molecule has 0 spiro atoms. The molecular formula is C10H10BrN3O. The van der Waals surface area contributed by atoms with Crippen LogP contribution in [0.25, 0.3) is 11.0 Å². The molecule has 5 heteroatoms. The number of rotatable bonds is 2. The maximum atomic E-state index is 10.9. The minimum atomic E-state index is 0.189. The van der Waals surface area contributed by atoms with Crippen LogP contribution < -0.4 is 0 Å². The fourth-order valence-electron chi connectivity index (χ4n) is 1.64. The van der Waals surface area contributed by atoms with E-state index in [2.05, 4.69) is 25.9 Å². The Balaban J connectivity index is 2.88. The van der Waals surface area contributed by atoms with Crippen molar-refractivity contribution in [2.24, 2.45) is 0 Å². The molecule has 2 aromatic rings. The molecule has 15 heavy (non-hydrogen) atoms. The summed E-state index contributed by atoms with van der Waals surface area (Å²) in [5.41, 5.74) is 1.65. The van der Waals surface area contributed by atoms with E-state index in [-0.39, 0.29) is 6.04 Å². The van der Waals surface area contributed by atoms with Crippen molar-refractivity contribution in [3.8, 4) is 0 Å². The van der Waals surface area contributed by atoms with Crippen LogP contribution >= 0.6 is 15.9 Å². The number of imidazole rings is 1. The minimum absolute atomic E-state index is 0.189. The highest BCUT2D eigenvalue weighted by Crippen LogP contribution is 2.26. The standard InChI is InChI=1S/C10H10BrN3O/c1-6(2)14-9(5-15)13-8-4-12-3-7(11)10(8)14/h3-6H,1-2H3. The van der Waals surface area contributed by atoms with E-state index >= 15 is 0 Å². The Bertz CT molecular complexity index is 519. The van der Waals surface area contributed by atoms with Crippen molar-refractivity contribution in [3.63, 3.8) is 0 Å². The summed E-state index contributed by atoms with van der Waals surface area (Å²) < 4.78 is 2.75. The van der Waals surface area contributed by atoms with Crippen LogP contribution in [0.3, 0.4) is 0 Å². The van der Waals surface area contributed by atoms with Crippen molar-refractivity contribution >= 4 is 33.2 Å². The van der Waals surface area contributed by atoms with Crippen LogP contribution in [-0.2, 0) is 0 Å². The Morgan fingerprint density at radius 1 is 1.47 bits per heavy atom. The number of carbonyl (C=O) groups excluding carboxylic acids is 1. The molecule has 0 aromatic carbocycles. The molecule has 0 unspecified atom stereocenters. The third kappa shape index (κ3) is 1.56. The normalized spacial score (nSPS) is 11.2. The maximum Gasteiger partial charge on any atom is 0.185 e. The number of hydrogen-bond acceptors (Lipinski definition) is 3. The molecule has 2 heterocycles. The van der Waals surface area contributed by atoms with E-state index in [0.717, 1.165) is 21.8 Å². The van der Waals surface area contributed by atoms with Gasteiger partial charge in [0.1, 0.15) is 5.52 Å². The molecular weight excluding hydrogens is 258 g/mol. The van der Waals surface area contributed by atoms with Gasteiger partial charge < -0.3 is 4.57 Å². The van der Waals surface area contributed by atoms with Gasteiger partial charge >= 0.3 is 0 Å². The zero-order chi connectivity index (χ0) is 11.0. The monoisotopic (exact) mass is 267 g/mol. The van der Waals surface area contributed by atoms with Crippen molar-refractivity contribution in [1.82, 2.24) is 14.5 Å². The highest BCUT2D eigenvalue weighted by atomic mass is 79.9. The van der Waals surface area contributed by atoms with Gasteiger partial charge in [0.2, 0.25) is 0 Å². The molecule has 2 rings (SSSR count). The summed E-state index contributed by atoms with van der Waals surface area (Å²) in [6.07, 6.45) is 4.13. The Morgan fingerprint density at radius 2 is 2.20 bits per heavy atom. The van der Waals surface area contributed by atoms with Gasteiger partial charge in [0.05, 0.1) is 16.2 Å². The zero-order valence-corrected chi connectivity index (χ0v) is 10.0. The molecule has 0 atom stereocenters. The SMILES string of the molecule is CC(C)n1c(C=O)nc2cncc(Br)c21. The summed E-state index contributed by atoms with van der Waals surface area (Å²) in [6, 6.07) is 0.189. The first kappa shape index (κ1) is 10.3. The Labute approximate surface area is 95.5 Å². The highest BCUT2D eigenvalue weighted by molar-refractivity contribution is 9.10. The van der Waals surface area contributed by atoms with E-state index in [1.54, 1.807) is 12.4 Å². The molecule has 0 aliphatic carbocycles. The van der Waals surface area contributed by atoms with Crippen LogP contribution in [0.4, 0.5) is 0 Å². The third-order valence-electron chi connectivity index (χ3n) is 2.20. The van der Waals surface area contributed by atoms with Gasteiger partial charge in [0.15, 0.2) is 12.1 Å². The quantitative estimate of drug-likeness (QED) is 0.786. The maximum absolute atomic E-state index is 10.9. The summed E-state index contributed by atoms with van der Waals surface area (Å²) in [4.78, 5) is 19.1. The van der Waals surface area contributed by atoms with Gasteiger partial charge in [0, 0.05) is 12.2 Å². The molecule has 0 saturated heterocycles. The Morgan fingerprint density at radius 3 is 2.80 bits per heavy atom. The van der Waals surface area contributed by atoms with E-state index < -0.39 is 0 Å². The minimum Gasteiger partial charge on any atom is -0.318 e. The number of pyridine rings is 1. The van der Waals surface area contributed by atoms with Crippen LogP contribution in [-0.4, -0.2) is 20.8 Å². The van der Waals surface area contributed by atoms with Gasteiger partial charge in [-0.05, 0) is 29.8 Å². The second kappa shape index (κ2) is 3.73. The summed E-state index contributed by atoms with van der Waals surface area (Å²) >= 11 is 3.42. The first-order valence-corrected chi connectivity index (χ1v) is 5.41. The van der Waals surface area contributed by atoms with E-state index in [1.165, 1.54) is 0 Å². The molecule has 78 valence electrons. The molecule has 0 fully saturated rings. The van der Waals surface area contributed by atoms with Crippen molar-refractivity contribution in [2.45, 2.75) is 19.9 Å². The lowest BCUT2D eigenvalue weighted by molar-refractivity contribution is 0.111. The lowest BCUT2D eigenvalue weighted by atomic mass is 10.3. The lowest BCUT2D eigenvalue weighted by Crippen LogP contribution is -2.05.